The number of halogens is 1. The summed E-state index contributed by atoms with van der Waals surface area (Å²) in [5.41, 5.74) is 0.466. The van der Waals surface area contributed by atoms with Gasteiger partial charge in [0.25, 0.3) is 0 Å². The Hall–Kier alpha value is -2.08. The number of anilines is 1. The number of carbonyl (C=O) groups excluding carboxylic acids is 1. The van der Waals surface area contributed by atoms with Crippen molar-refractivity contribution in [3.63, 3.8) is 0 Å². The van der Waals surface area contributed by atoms with E-state index in [1.165, 1.54) is 0 Å². The van der Waals surface area contributed by atoms with Crippen LogP contribution in [-0.2, 0) is 10.2 Å². The van der Waals surface area contributed by atoms with E-state index in [1.807, 2.05) is 20.8 Å². The lowest BCUT2D eigenvalue weighted by atomic mass is 9.96. The minimum Gasteiger partial charge on any atom is -0.495 e. The maximum Gasteiger partial charge on any atom is 0.232 e. The van der Waals surface area contributed by atoms with Crippen LogP contribution >= 0.6 is 11.6 Å². The van der Waals surface area contributed by atoms with E-state index in [0.717, 1.165) is 0 Å². The zero-order valence-electron chi connectivity index (χ0n) is 14.2. The van der Waals surface area contributed by atoms with Gasteiger partial charge in [0, 0.05) is 23.4 Å². The first-order chi connectivity index (χ1) is 11.3. The molecule has 0 saturated carbocycles. The summed E-state index contributed by atoms with van der Waals surface area (Å²) < 4.78 is 10.7. The molecule has 1 unspecified atom stereocenters. The molecule has 2 aromatic rings. The second-order valence-corrected chi connectivity index (χ2v) is 7.36. The fourth-order valence-electron chi connectivity index (χ4n) is 2.69. The number of ether oxygens (including phenoxy) is 1. The number of hydrogen-bond donors (Lipinski definition) is 0. The molecule has 7 heteroatoms. The van der Waals surface area contributed by atoms with Crippen molar-refractivity contribution in [2.45, 2.75) is 38.5 Å². The molecule has 1 saturated heterocycles. The van der Waals surface area contributed by atoms with Crippen molar-refractivity contribution in [1.29, 1.82) is 0 Å². The van der Waals surface area contributed by atoms with Gasteiger partial charge in [-0.2, -0.15) is 4.98 Å². The van der Waals surface area contributed by atoms with Gasteiger partial charge in [0.1, 0.15) is 5.75 Å². The van der Waals surface area contributed by atoms with Gasteiger partial charge in [0.15, 0.2) is 5.82 Å². The SMILES string of the molecule is COc1ccc(Cl)cc1N1CC(c2nc(C(C)(C)C)no2)CC1=O. The van der Waals surface area contributed by atoms with Crippen LogP contribution in [0.15, 0.2) is 22.7 Å². The number of rotatable bonds is 3. The summed E-state index contributed by atoms with van der Waals surface area (Å²) >= 11 is 6.07. The molecule has 1 aromatic carbocycles. The summed E-state index contributed by atoms with van der Waals surface area (Å²) in [7, 11) is 1.57. The Bertz CT molecular complexity index is 767. The molecule has 0 spiro atoms. The number of aromatic nitrogens is 2. The molecule has 0 aliphatic carbocycles. The smallest absolute Gasteiger partial charge is 0.232 e. The van der Waals surface area contributed by atoms with Crippen molar-refractivity contribution >= 4 is 23.2 Å². The average Bonchev–Trinajstić information content (AvgIpc) is 3.13. The van der Waals surface area contributed by atoms with Crippen LogP contribution in [0.4, 0.5) is 5.69 Å². The van der Waals surface area contributed by atoms with Crippen LogP contribution in [0.25, 0.3) is 0 Å². The summed E-state index contributed by atoms with van der Waals surface area (Å²) in [6.45, 7) is 6.51. The standard InChI is InChI=1S/C17H20ClN3O3/c1-17(2,3)16-19-15(24-20-16)10-7-14(22)21(9-10)12-8-11(18)5-6-13(12)23-4/h5-6,8,10H,7,9H2,1-4H3. The second-order valence-electron chi connectivity index (χ2n) is 6.93. The van der Waals surface area contributed by atoms with Crippen molar-refractivity contribution in [3.05, 3.63) is 34.9 Å². The van der Waals surface area contributed by atoms with Gasteiger partial charge >= 0.3 is 0 Å². The molecule has 3 rings (SSSR count). The van der Waals surface area contributed by atoms with Crippen LogP contribution in [0, 0.1) is 0 Å². The van der Waals surface area contributed by atoms with E-state index < -0.39 is 0 Å². The highest BCUT2D eigenvalue weighted by Crippen LogP contribution is 2.37. The van der Waals surface area contributed by atoms with E-state index in [0.29, 0.717) is 41.1 Å². The highest BCUT2D eigenvalue weighted by Gasteiger charge is 2.37. The highest BCUT2D eigenvalue weighted by atomic mass is 35.5. The zero-order chi connectivity index (χ0) is 17.5. The van der Waals surface area contributed by atoms with Gasteiger partial charge < -0.3 is 14.2 Å². The summed E-state index contributed by atoms with van der Waals surface area (Å²) in [4.78, 5) is 18.6. The van der Waals surface area contributed by atoms with Gasteiger partial charge in [-0.3, -0.25) is 4.79 Å². The molecule has 6 nitrogen and oxygen atoms in total. The van der Waals surface area contributed by atoms with Crippen LogP contribution < -0.4 is 9.64 Å². The van der Waals surface area contributed by atoms with Crippen molar-refractivity contribution < 1.29 is 14.1 Å². The third kappa shape index (κ3) is 3.11. The predicted molar refractivity (Wildman–Crippen MR) is 90.7 cm³/mol. The molecular weight excluding hydrogens is 330 g/mol. The molecule has 0 N–H and O–H groups in total. The number of amides is 1. The summed E-state index contributed by atoms with van der Waals surface area (Å²) in [6, 6.07) is 5.22. The predicted octanol–water partition coefficient (Wildman–Crippen LogP) is 3.55. The van der Waals surface area contributed by atoms with E-state index >= 15 is 0 Å². The van der Waals surface area contributed by atoms with Crippen LogP contribution in [-0.4, -0.2) is 29.7 Å². The maximum atomic E-state index is 12.5. The van der Waals surface area contributed by atoms with E-state index in [1.54, 1.807) is 30.2 Å². The number of benzene rings is 1. The van der Waals surface area contributed by atoms with Crippen LogP contribution in [0.1, 0.15) is 44.8 Å². The highest BCUT2D eigenvalue weighted by molar-refractivity contribution is 6.31. The number of nitrogens with zero attached hydrogens (tertiary/aromatic N) is 3. The van der Waals surface area contributed by atoms with Gasteiger partial charge in [0.05, 0.1) is 18.7 Å². The topological polar surface area (TPSA) is 68.5 Å². The third-order valence-electron chi connectivity index (χ3n) is 4.02. The molecule has 1 atom stereocenters. The largest absolute Gasteiger partial charge is 0.495 e. The molecule has 2 heterocycles. The van der Waals surface area contributed by atoms with E-state index in [2.05, 4.69) is 10.1 Å². The van der Waals surface area contributed by atoms with Crippen LogP contribution in [0.5, 0.6) is 5.75 Å². The summed E-state index contributed by atoms with van der Waals surface area (Å²) in [6.07, 6.45) is 0.321. The van der Waals surface area contributed by atoms with Gasteiger partial charge in [-0.1, -0.05) is 37.5 Å². The van der Waals surface area contributed by atoms with Gasteiger partial charge in [-0.05, 0) is 18.2 Å². The Morgan fingerprint density at radius 3 is 2.75 bits per heavy atom. The van der Waals surface area contributed by atoms with Gasteiger partial charge in [-0.25, -0.2) is 0 Å². The Balaban J connectivity index is 1.86. The monoisotopic (exact) mass is 349 g/mol. The summed E-state index contributed by atoms with van der Waals surface area (Å²) in [5, 5.41) is 4.59. The second kappa shape index (κ2) is 6.09. The fraction of sp³-hybridized carbons (Fsp3) is 0.471. The fourth-order valence-corrected chi connectivity index (χ4v) is 2.85. The quantitative estimate of drug-likeness (QED) is 0.847. The maximum absolute atomic E-state index is 12.5. The first-order valence-corrected chi connectivity index (χ1v) is 8.15. The molecule has 1 amide bonds. The van der Waals surface area contributed by atoms with Crippen LogP contribution in [0.3, 0.4) is 0 Å². The normalized spacial score (nSPS) is 18.3. The molecule has 1 fully saturated rings. The zero-order valence-corrected chi connectivity index (χ0v) is 14.9. The lowest BCUT2D eigenvalue weighted by molar-refractivity contribution is -0.117. The van der Waals surface area contributed by atoms with E-state index in [9.17, 15) is 4.79 Å². The lowest BCUT2D eigenvalue weighted by Gasteiger charge is -2.19. The summed E-state index contributed by atoms with van der Waals surface area (Å²) in [5.74, 6) is 1.59. The number of methoxy groups -OCH3 is 1. The average molecular weight is 350 g/mol. The first kappa shape index (κ1) is 16.8. The molecule has 0 radical (unpaired) electrons. The number of hydrogen-bond acceptors (Lipinski definition) is 5. The Morgan fingerprint density at radius 1 is 1.38 bits per heavy atom. The number of carbonyl (C=O) groups is 1. The van der Waals surface area contributed by atoms with Crippen molar-refractivity contribution in [1.82, 2.24) is 10.1 Å². The van der Waals surface area contributed by atoms with Gasteiger partial charge in [-0.15, -0.1) is 0 Å². The Kier molecular flexibility index (Phi) is 4.25. The molecule has 24 heavy (non-hydrogen) atoms. The molecule has 1 aromatic heterocycles. The van der Waals surface area contributed by atoms with E-state index in [-0.39, 0.29) is 17.2 Å². The van der Waals surface area contributed by atoms with Gasteiger partial charge in [0.2, 0.25) is 11.8 Å². The minimum absolute atomic E-state index is 0.0175. The Morgan fingerprint density at radius 2 is 2.12 bits per heavy atom. The molecule has 128 valence electrons. The molecular formula is C17H20ClN3O3. The molecule has 1 aliphatic heterocycles. The van der Waals surface area contributed by atoms with E-state index in [4.69, 9.17) is 20.9 Å². The molecule has 0 bridgehead atoms. The van der Waals surface area contributed by atoms with Crippen molar-refractivity contribution in [3.8, 4) is 5.75 Å². The Labute approximate surface area is 145 Å². The van der Waals surface area contributed by atoms with Crippen LogP contribution in [0.2, 0.25) is 5.02 Å². The lowest BCUT2D eigenvalue weighted by Crippen LogP contribution is -2.24. The van der Waals surface area contributed by atoms with Crippen molar-refractivity contribution in [2.24, 2.45) is 0 Å². The third-order valence-corrected chi connectivity index (χ3v) is 4.25. The minimum atomic E-state index is -0.194. The first-order valence-electron chi connectivity index (χ1n) is 7.77. The van der Waals surface area contributed by atoms with Crippen molar-refractivity contribution in [2.75, 3.05) is 18.6 Å². The molecule has 1 aliphatic rings.